The Bertz CT molecular complexity index is 1140. The molecule has 3 heterocycles. The highest BCUT2D eigenvalue weighted by molar-refractivity contribution is 7.15. The van der Waals surface area contributed by atoms with Crippen LogP contribution in [0.3, 0.4) is 0 Å². The Labute approximate surface area is 198 Å². The number of urea groups is 1. The summed E-state index contributed by atoms with van der Waals surface area (Å²) in [5.74, 6) is -0.293. The largest absolute Gasteiger partial charge is 0.382 e. The molecule has 1 aliphatic heterocycles. The Hall–Kier alpha value is -2.64. The van der Waals surface area contributed by atoms with E-state index in [2.05, 4.69) is 22.1 Å². The van der Waals surface area contributed by atoms with Crippen LogP contribution < -0.4 is 5.32 Å². The van der Waals surface area contributed by atoms with Crippen molar-refractivity contribution >= 4 is 17.4 Å². The van der Waals surface area contributed by atoms with Gasteiger partial charge in [0.05, 0.1) is 18.3 Å². The Morgan fingerprint density at radius 1 is 1.21 bits per heavy atom. The monoisotopic (exact) mass is 467 g/mol. The van der Waals surface area contributed by atoms with Crippen molar-refractivity contribution in [3.8, 4) is 5.00 Å². The van der Waals surface area contributed by atoms with Gasteiger partial charge in [-0.2, -0.15) is 0 Å². The van der Waals surface area contributed by atoms with Crippen LogP contribution in [0.4, 0.5) is 9.18 Å². The number of hydrogen-bond donors (Lipinski definition) is 1. The van der Waals surface area contributed by atoms with Gasteiger partial charge in [-0.15, -0.1) is 11.3 Å². The second-order valence-electron chi connectivity index (χ2n) is 8.67. The molecule has 0 saturated heterocycles. The second kappa shape index (κ2) is 9.69. The van der Waals surface area contributed by atoms with E-state index < -0.39 is 0 Å². The first-order chi connectivity index (χ1) is 16.2. The van der Waals surface area contributed by atoms with Gasteiger partial charge in [0.2, 0.25) is 0 Å². The van der Waals surface area contributed by atoms with E-state index in [0.717, 1.165) is 30.5 Å². The zero-order valence-electron chi connectivity index (χ0n) is 19.0. The molecule has 2 amide bonds. The van der Waals surface area contributed by atoms with Crippen molar-refractivity contribution in [2.45, 2.75) is 51.6 Å². The average Bonchev–Trinajstić information content (AvgIpc) is 3.40. The molecule has 0 saturated carbocycles. The van der Waals surface area contributed by atoms with E-state index in [0.29, 0.717) is 26.3 Å². The second-order valence-corrected chi connectivity index (χ2v) is 9.75. The van der Waals surface area contributed by atoms with Gasteiger partial charge in [-0.05, 0) is 74.4 Å². The highest BCUT2D eigenvalue weighted by atomic mass is 32.1. The Morgan fingerprint density at radius 2 is 2.09 bits per heavy atom. The van der Waals surface area contributed by atoms with Crippen LogP contribution >= 0.6 is 11.3 Å². The zero-order valence-corrected chi connectivity index (χ0v) is 19.8. The first kappa shape index (κ1) is 22.2. The maximum atomic E-state index is 14.3. The van der Waals surface area contributed by atoms with Crippen LogP contribution in [0.1, 0.15) is 59.5 Å². The number of nitrogens with one attached hydrogen (secondary N) is 1. The maximum absolute atomic E-state index is 14.3. The highest BCUT2D eigenvalue weighted by Crippen LogP contribution is 2.44. The quantitative estimate of drug-likeness (QED) is 0.480. The number of carbonyl (C=O) groups is 1. The number of fused-ring (bicyclic) bond motifs is 5. The lowest BCUT2D eigenvalue weighted by molar-refractivity contribution is 0.143. The zero-order chi connectivity index (χ0) is 22.8. The number of thiophene rings is 1. The van der Waals surface area contributed by atoms with Gasteiger partial charge in [0.1, 0.15) is 10.8 Å². The molecule has 2 aromatic heterocycles. The summed E-state index contributed by atoms with van der Waals surface area (Å²) in [4.78, 5) is 16.9. The lowest BCUT2D eigenvalue weighted by Crippen LogP contribution is -2.42. The Balaban J connectivity index is 1.55. The fourth-order valence-electron chi connectivity index (χ4n) is 5.03. The molecule has 0 unspecified atom stereocenters. The lowest BCUT2D eigenvalue weighted by Gasteiger charge is -2.31. The van der Waals surface area contributed by atoms with Gasteiger partial charge in [-0.25, -0.2) is 9.18 Å². The Kier molecular flexibility index (Phi) is 6.51. The summed E-state index contributed by atoms with van der Waals surface area (Å²) in [6.45, 7) is 4.32. The van der Waals surface area contributed by atoms with E-state index in [-0.39, 0.29) is 17.9 Å². The molecule has 7 heteroatoms. The van der Waals surface area contributed by atoms with E-state index in [1.807, 2.05) is 35.3 Å². The van der Waals surface area contributed by atoms with Crippen molar-refractivity contribution in [1.82, 2.24) is 14.8 Å². The summed E-state index contributed by atoms with van der Waals surface area (Å²) in [6, 6.07) is 10.2. The fourth-order valence-corrected chi connectivity index (χ4v) is 6.43. The number of rotatable bonds is 6. The number of nitrogens with zero attached hydrogens (tertiary/aromatic N) is 2. The molecule has 0 spiro atoms. The molecule has 2 aliphatic rings. The molecule has 1 aromatic carbocycles. The van der Waals surface area contributed by atoms with Gasteiger partial charge in [0.15, 0.2) is 0 Å². The first-order valence-electron chi connectivity index (χ1n) is 11.9. The minimum absolute atomic E-state index is 0.128. The van der Waals surface area contributed by atoms with E-state index in [4.69, 9.17) is 4.74 Å². The summed E-state index contributed by atoms with van der Waals surface area (Å²) < 4.78 is 21.9. The van der Waals surface area contributed by atoms with Gasteiger partial charge in [0, 0.05) is 36.4 Å². The molecule has 0 radical (unpaired) electrons. The average molecular weight is 468 g/mol. The highest BCUT2D eigenvalue weighted by Gasteiger charge is 2.36. The summed E-state index contributed by atoms with van der Waals surface area (Å²) in [5, 5.41) is 4.29. The maximum Gasteiger partial charge on any atom is 0.318 e. The third-order valence-corrected chi connectivity index (χ3v) is 7.88. The van der Waals surface area contributed by atoms with E-state index in [1.165, 1.54) is 39.9 Å². The molecule has 33 heavy (non-hydrogen) atoms. The molecular formula is C26H30FN3O2S. The molecule has 1 N–H and O–H groups in total. The lowest BCUT2D eigenvalue weighted by atomic mass is 9.95. The Morgan fingerprint density at radius 3 is 2.94 bits per heavy atom. The van der Waals surface area contributed by atoms with Gasteiger partial charge in [-0.1, -0.05) is 12.1 Å². The van der Waals surface area contributed by atoms with Crippen LogP contribution in [0.2, 0.25) is 0 Å². The summed E-state index contributed by atoms with van der Waals surface area (Å²) in [7, 11) is 0. The SMILES string of the molecule is CCOCCCNC(=O)N1Cc2c(sc3c2CCCC3)-n2cccc2[C@@H]1c1cccc(F)c1. The summed E-state index contributed by atoms with van der Waals surface area (Å²) in [6.07, 6.45) is 7.42. The van der Waals surface area contributed by atoms with Crippen molar-refractivity contribution in [2.24, 2.45) is 0 Å². The summed E-state index contributed by atoms with van der Waals surface area (Å²) >= 11 is 1.85. The number of halogens is 1. The minimum atomic E-state index is -0.374. The smallest absolute Gasteiger partial charge is 0.318 e. The third-order valence-electron chi connectivity index (χ3n) is 6.55. The van der Waals surface area contributed by atoms with Gasteiger partial charge in [0.25, 0.3) is 0 Å². The standard InChI is InChI=1S/C26H30FN3O2S/c1-2-32-15-7-13-28-26(31)30-17-21-20-10-3-4-12-23(20)33-25(21)29-14-6-11-22(29)24(30)18-8-5-9-19(27)16-18/h5-6,8-9,11,14,16,24H,2-4,7,10,12-13,15,17H2,1H3,(H,28,31)/t24-/m0/s1. The van der Waals surface area contributed by atoms with Crippen molar-refractivity contribution in [1.29, 1.82) is 0 Å². The van der Waals surface area contributed by atoms with Crippen molar-refractivity contribution in [2.75, 3.05) is 19.8 Å². The van der Waals surface area contributed by atoms with E-state index in [1.54, 1.807) is 12.1 Å². The number of aromatic nitrogens is 1. The van der Waals surface area contributed by atoms with Crippen LogP contribution in [-0.4, -0.2) is 35.3 Å². The number of amides is 2. The topological polar surface area (TPSA) is 46.5 Å². The fraction of sp³-hybridized carbons (Fsp3) is 0.423. The van der Waals surface area contributed by atoms with Gasteiger partial charge < -0.3 is 19.5 Å². The molecule has 5 rings (SSSR count). The molecule has 1 atom stereocenters. The predicted molar refractivity (Wildman–Crippen MR) is 129 cm³/mol. The minimum Gasteiger partial charge on any atom is -0.382 e. The van der Waals surface area contributed by atoms with Crippen LogP contribution in [-0.2, 0) is 24.1 Å². The number of benzene rings is 1. The van der Waals surface area contributed by atoms with Crippen molar-refractivity contribution < 1.29 is 13.9 Å². The molecular weight excluding hydrogens is 437 g/mol. The molecule has 3 aromatic rings. The number of ether oxygens (including phenoxy) is 1. The van der Waals surface area contributed by atoms with Gasteiger partial charge in [-0.3, -0.25) is 0 Å². The normalized spacial score (nSPS) is 17.2. The summed E-state index contributed by atoms with van der Waals surface area (Å²) in [5.41, 5.74) is 4.43. The number of aryl methyl sites for hydroxylation is 1. The van der Waals surface area contributed by atoms with Crippen LogP contribution in [0.5, 0.6) is 0 Å². The van der Waals surface area contributed by atoms with E-state index in [9.17, 15) is 9.18 Å². The van der Waals surface area contributed by atoms with Crippen molar-refractivity contribution in [3.05, 3.63) is 75.7 Å². The molecule has 174 valence electrons. The molecule has 0 fully saturated rings. The number of hydrogen-bond acceptors (Lipinski definition) is 3. The first-order valence-corrected chi connectivity index (χ1v) is 12.7. The van der Waals surface area contributed by atoms with E-state index >= 15 is 0 Å². The van der Waals surface area contributed by atoms with Crippen molar-refractivity contribution in [3.63, 3.8) is 0 Å². The third kappa shape index (κ3) is 4.32. The van der Waals surface area contributed by atoms with Gasteiger partial charge >= 0.3 is 6.03 Å². The predicted octanol–water partition coefficient (Wildman–Crippen LogP) is 5.60. The number of carbonyl (C=O) groups excluding carboxylic acids is 1. The molecule has 1 aliphatic carbocycles. The van der Waals surface area contributed by atoms with Crippen LogP contribution in [0, 0.1) is 5.82 Å². The van der Waals surface area contributed by atoms with Crippen LogP contribution in [0.25, 0.3) is 5.00 Å². The van der Waals surface area contributed by atoms with Crippen LogP contribution in [0.15, 0.2) is 42.6 Å². The molecule has 5 nitrogen and oxygen atoms in total. The molecule has 0 bridgehead atoms.